The van der Waals surface area contributed by atoms with Gasteiger partial charge in [0.1, 0.15) is 0 Å². The first-order chi connectivity index (χ1) is 8.18. The summed E-state index contributed by atoms with van der Waals surface area (Å²) >= 11 is 0. The highest BCUT2D eigenvalue weighted by molar-refractivity contribution is 7.45. The van der Waals surface area contributed by atoms with Crippen molar-refractivity contribution in [1.82, 2.24) is 0 Å². The smallest absolute Gasteiger partial charge is 0.272 e. The zero-order valence-corrected chi connectivity index (χ0v) is 12.1. The van der Waals surface area contributed by atoms with Gasteiger partial charge in [0.15, 0.2) is 6.73 Å². The molecule has 0 radical (unpaired) electrons. The van der Waals surface area contributed by atoms with Crippen molar-refractivity contribution in [2.24, 2.45) is 0 Å². The molecule has 18 heavy (non-hydrogen) atoms. The number of benzene rings is 1. The third kappa shape index (κ3) is 6.28. The van der Waals surface area contributed by atoms with E-state index in [0.29, 0.717) is 4.48 Å². The highest BCUT2D eigenvalue weighted by atomic mass is 31.2. The van der Waals surface area contributed by atoms with Crippen molar-refractivity contribution in [3.63, 3.8) is 0 Å². The molecule has 0 saturated heterocycles. The average Bonchev–Trinajstić information content (AvgIpc) is 2.25. The minimum atomic E-state index is -4.23. The number of phosphoric ester groups is 1. The van der Waals surface area contributed by atoms with Crippen LogP contribution in [0.3, 0.4) is 0 Å². The number of aryl methyl sites for hydroxylation is 1. The summed E-state index contributed by atoms with van der Waals surface area (Å²) in [6, 6.07) is 7.47. The Morgan fingerprint density at radius 1 is 1.17 bits per heavy atom. The van der Waals surface area contributed by atoms with Crippen LogP contribution in [0.15, 0.2) is 24.3 Å². The molecule has 0 aromatic heterocycles. The largest absolute Gasteiger partial charge is 0.756 e. The van der Waals surface area contributed by atoms with E-state index in [9.17, 15) is 9.46 Å². The average molecular weight is 273 g/mol. The number of phosphoric acid groups is 1. The summed E-state index contributed by atoms with van der Waals surface area (Å²) in [7, 11) is 1.27. The first-order valence-electron chi connectivity index (χ1n) is 5.64. The summed E-state index contributed by atoms with van der Waals surface area (Å²) in [5, 5.41) is 0. The highest BCUT2D eigenvalue weighted by Crippen LogP contribution is 2.39. The lowest BCUT2D eigenvalue weighted by molar-refractivity contribution is -0.887. The molecule has 0 bridgehead atoms. The Morgan fingerprint density at radius 2 is 1.72 bits per heavy atom. The van der Waals surface area contributed by atoms with E-state index in [0.717, 1.165) is 11.1 Å². The van der Waals surface area contributed by atoms with Crippen LogP contribution in [0.4, 0.5) is 0 Å². The van der Waals surface area contributed by atoms with E-state index >= 15 is 0 Å². The summed E-state index contributed by atoms with van der Waals surface area (Å²) in [5.74, 6) is 0. The van der Waals surface area contributed by atoms with Crippen LogP contribution in [0.2, 0.25) is 0 Å². The maximum Gasteiger partial charge on any atom is 0.272 e. The second-order valence-corrected chi connectivity index (χ2v) is 6.67. The summed E-state index contributed by atoms with van der Waals surface area (Å²) < 4.78 is 21.5. The van der Waals surface area contributed by atoms with Crippen molar-refractivity contribution in [3.8, 4) is 0 Å². The molecule has 0 aliphatic rings. The molecule has 5 nitrogen and oxygen atoms in total. The molecule has 1 aromatic rings. The van der Waals surface area contributed by atoms with Gasteiger partial charge in [-0.15, -0.1) is 0 Å². The Hall–Kier alpha value is -0.710. The van der Waals surface area contributed by atoms with Crippen LogP contribution < -0.4 is 4.89 Å². The lowest BCUT2D eigenvalue weighted by Crippen LogP contribution is -2.37. The van der Waals surface area contributed by atoms with Crippen molar-refractivity contribution in [2.45, 2.75) is 13.5 Å². The van der Waals surface area contributed by atoms with Crippen molar-refractivity contribution < 1.29 is 23.0 Å². The van der Waals surface area contributed by atoms with E-state index in [2.05, 4.69) is 0 Å². The molecule has 0 aliphatic heterocycles. The van der Waals surface area contributed by atoms with E-state index in [-0.39, 0.29) is 13.3 Å². The molecule has 1 unspecified atom stereocenters. The fraction of sp³-hybridized carbons (Fsp3) is 0.500. The lowest BCUT2D eigenvalue weighted by Gasteiger charge is -2.28. The fourth-order valence-corrected chi connectivity index (χ4v) is 1.99. The molecule has 0 amide bonds. The molecule has 1 aromatic carbocycles. The van der Waals surface area contributed by atoms with Crippen LogP contribution in [0.25, 0.3) is 0 Å². The molecule has 1 rings (SSSR count). The van der Waals surface area contributed by atoms with Gasteiger partial charge in [-0.2, -0.15) is 0 Å². The van der Waals surface area contributed by atoms with Crippen LogP contribution >= 0.6 is 7.82 Å². The van der Waals surface area contributed by atoms with Gasteiger partial charge in [0.25, 0.3) is 7.82 Å². The van der Waals surface area contributed by atoms with E-state index in [1.807, 2.05) is 52.3 Å². The van der Waals surface area contributed by atoms with Gasteiger partial charge in [0.2, 0.25) is 0 Å². The molecule has 1 atom stereocenters. The normalized spacial score (nSPS) is 15.4. The van der Waals surface area contributed by atoms with E-state index in [4.69, 9.17) is 9.05 Å². The number of quaternary nitrogens is 1. The van der Waals surface area contributed by atoms with Crippen molar-refractivity contribution in [2.75, 3.05) is 27.9 Å². The second kappa shape index (κ2) is 5.95. The summed E-state index contributed by atoms with van der Waals surface area (Å²) in [4.78, 5) is 11.5. The minimum absolute atomic E-state index is 0.00179. The van der Waals surface area contributed by atoms with Crippen molar-refractivity contribution >= 4 is 7.82 Å². The first kappa shape index (κ1) is 15.3. The predicted octanol–water partition coefficient (Wildman–Crippen LogP) is 1.66. The maximum atomic E-state index is 11.5. The predicted molar refractivity (Wildman–Crippen MR) is 67.6 cm³/mol. The Bertz CT molecular complexity index is 425. The van der Waals surface area contributed by atoms with Crippen LogP contribution in [-0.4, -0.2) is 32.4 Å². The van der Waals surface area contributed by atoms with Crippen molar-refractivity contribution in [1.29, 1.82) is 0 Å². The van der Waals surface area contributed by atoms with Gasteiger partial charge < -0.3 is 13.9 Å². The number of nitrogens with zero attached hydrogens (tertiary/aromatic N) is 1. The van der Waals surface area contributed by atoms with Gasteiger partial charge in [-0.3, -0.25) is 9.09 Å². The molecule has 0 saturated carbocycles. The van der Waals surface area contributed by atoms with E-state index in [1.54, 1.807) is 0 Å². The van der Waals surface area contributed by atoms with Gasteiger partial charge in [0.05, 0.1) is 27.7 Å². The highest BCUT2D eigenvalue weighted by Gasteiger charge is 2.15. The Balaban J connectivity index is 2.46. The topological polar surface area (TPSA) is 58.6 Å². The van der Waals surface area contributed by atoms with Crippen LogP contribution in [0.5, 0.6) is 0 Å². The standard InChI is InChI=1S/C12H20NO4P/c1-11-5-7-12(8-6-11)9-16-18(14,15)17-10-13(2,3)4/h5-8H,9-10H2,1-4H3. The van der Waals surface area contributed by atoms with E-state index < -0.39 is 7.82 Å². The summed E-state index contributed by atoms with van der Waals surface area (Å²) in [6.45, 7) is 2.01. The van der Waals surface area contributed by atoms with Crippen LogP contribution in [0, 0.1) is 6.92 Å². The SMILES string of the molecule is Cc1ccc(COP(=O)([O-])OC[N+](C)(C)C)cc1. The molecule has 0 N–H and O–H groups in total. The zero-order valence-electron chi connectivity index (χ0n) is 11.3. The van der Waals surface area contributed by atoms with E-state index in [1.165, 1.54) is 0 Å². The van der Waals surface area contributed by atoms with Gasteiger partial charge in [-0.25, -0.2) is 0 Å². The van der Waals surface area contributed by atoms with Crippen molar-refractivity contribution in [3.05, 3.63) is 35.4 Å². The third-order valence-electron chi connectivity index (χ3n) is 2.11. The molecule has 0 fully saturated rings. The monoisotopic (exact) mass is 273 g/mol. The summed E-state index contributed by atoms with van der Waals surface area (Å²) in [6.07, 6.45) is 0. The Kier molecular flexibility index (Phi) is 5.08. The molecule has 0 spiro atoms. The third-order valence-corrected chi connectivity index (χ3v) is 2.99. The molecule has 102 valence electrons. The molecule has 0 heterocycles. The Labute approximate surface area is 108 Å². The number of rotatable bonds is 6. The first-order valence-corrected chi connectivity index (χ1v) is 7.10. The summed E-state index contributed by atoms with van der Waals surface area (Å²) in [5.41, 5.74) is 1.91. The van der Waals surface area contributed by atoms with Crippen LogP contribution in [0.1, 0.15) is 11.1 Å². The zero-order chi connectivity index (χ0) is 13.8. The van der Waals surface area contributed by atoms with Gasteiger partial charge in [-0.05, 0) is 12.5 Å². The lowest BCUT2D eigenvalue weighted by atomic mass is 10.2. The van der Waals surface area contributed by atoms with Gasteiger partial charge >= 0.3 is 0 Å². The second-order valence-electron chi connectivity index (χ2n) is 5.25. The molecule has 6 heteroatoms. The minimum Gasteiger partial charge on any atom is -0.756 e. The fourth-order valence-electron chi connectivity index (χ4n) is 1.12. The van der Waals surface area contributed by atoms with Gasteiger partial charge in [0, 0.05) is 0 Å². The maximum absolute atomic E-state index is 11.5. The molecular weight excluding hydrogens is 253 g/mol. The molecular formula is C12H20NO4P. The quantitative estimate of drug-likeness (QED) is 0.449. The Morgan fingerprint density at radius 3 is 2.22 bits per heavy atom. The number of hydrogen-bond donors (Lipinski definition) is 0. The van der Waals surface area contributed by atoms with Gasteiger partial charge in [-0.1, -0.05) is 29.8 Å². The number of hydrogen-bond acceptors (Lipinski definition) is 4. The molecule has 0 aliphatic carbocycles. The van der Waals surface area contributed by atoms with Crippen LogP contribution in [-0.2, 0) is 20.2 Å².